The van der Waals surface area contributed by atoms with Crippen molar-refractivity contribution in [3.63, 3.8) is 0 Å². The normalized spacial score (nSPS) is 11.0. The van der Waals surface area contributed by atoms with Crippen molar-refractivity contribution in [3.05, 3.63) is 36.4 Å². The van der Waals surface area contributed by atoms with Crippen LogP contribution in [0.3, 0.4) is 0 Å². The van der Waals surface area contributed by atoms with Gasteiger partial charge in [-0.3, -0.25) is 0 Å². The number of benzene rings is 1. The van der Waals surface area contributed by atoms with Crippen LogP contribution in [0.4, 0.5) is 0 Å². The number of hydrogen-bond acceptors (Lipinski definition) is 2. The number of hydrogen-bond donors (Lipinski definition) is 0. The largest absolute Gasteiger partial charge is 0.542 e. The number of allylic oxidation sites excluding steroid dienone is 1. The van der Waals surface area contributed by atoms with E-state index in [0.717, 1.165) is 17.9 Å². The molecule has 0 aliphatic heterocycles. The molecule has 0 N–H and O–H groups in total. The molecular weight excluding hydrogens is 216 g/mol. The topological polar surface area (TPSA) is 18.5 Å². The monoisotopic (exact) mass is 236 g/mol. The molecule has 0 aliphatic carbocycles. The summed E-state index contributed by atoms with van der Waals surface area (Å²) in [5.74, 6) is 1.65. The van der Waals surface area contributed by atoms with E-state index in [1.54, 1.807) is 7.11 Å². The van der Waals surface area contributed by atoms with Gasteiger partial charge < -0.3 is 9.16 Å². The summed E-state index contributed by atoms with van der Waals surface area (Å²) in [5, 5.41) is 0. The molecule has 0 saturated heterocycles. The maximum Gasteiger partial charge on any atom is 0.242 e. The third-order valence-corrected chi connectivity index (χ3v) is 2.86. The number of rotatable bonds is 5. The zero-order valence-corrected chi connectivity index (χ0v) is 11.5. The molecule has 1 rings (SSSR count). The third-order valence-electron chi connectivity index (χ3n) is 2.02. The van der Waals surface area contributed by atoms with E-state index < -0.39 is 8.32 Å². The van der Waals surface area contributed by atoms with Crippen molar-refractivity contribution in [2.75, 3.05) is 7.11 Å². The minimum absolute atomic E-state index is 0.807. The van der Waals surface area contributed by atoms with Crippen LogP contribution in [0, 0.1) is 0 Å². The Balaban J connectivity index is 2.97. The molecule has 0 atom stereocenters. The minimum Gasteiger partial charge on any atom is -0.542 e. The van der Waals surface area contributed by atoms with Crippen molar-refractivity contribution in [1.29, 1.82) is 0 Å². The smallest absolute Gasteiger partial charge is 0.242 e. The molecule has 0 unspecified atom stereocenters. The van der Waals surface area contributed by atoms with Crippen molar-refractivity contribution in [1.82, 2.24) is 0 Å². The fourth-order valence-electron chi connectivity index (χ4n) is 1.42. The molecule has 1 aromatic rings. The average Bonchev–Trinajstić information content (AvgIpc) is 2.18. The zero-order chi connectivity index (χ0) is 12.2. The number of methoxy groups -OCH3 is 1. The van der Waals surface area contributed by atoms with E-state index >= 15 is 0 Å². The highest BCUT2D eigenvalue weighted by molar-refractivity contribution is 6.70. The van der Waals surface area contributed by atoms with E-state index in [1.807, 2.05) is 18.2 Å². The van der Waals surface area contributed by atoms with E-state index in [4.69, 9.17) is 9.16 Å². The lowest BCUT2D eigenvalue weighted by atomic mass is 10.1. The van der Waals surface area contributed by atoms with Crippen LogP contribution in [-0.4, -0.2) is 15.4 Å². The quantitative estimate of drug-likeness (QED) is 0.574. The Labute approximate surface area is 99.0 Å². The van der Waals surface area contributed by atoms with Crippen molar-refractivity contribution in [3.8, 4) is 11.5 Å². The van der Waals surface area contributed by atoms with Crippen molar-refractivity contribution in [2.24, 2.45) is 0 Å². The Morgan fingerprint density at radius 3 is 2.44 bits per heavy atom. The van der Waals surface area contributed by atoms with Gasteiger partial charge >= 0.3 is 0 Å². The van der Waals surface area contributed by atoms with Crippen LogP contribution in [0.1, 0.15) is 5.56 Å². The first kappa shape index (κ1) is 12.8. The van der Waals surface area contributed by atoms with Crippen molar-refractivity contribution < 1.29 is 9.16 Å². The maximum atomic E-state index is 5.94. The van der Waals surface area contributed by atoms with Gasteiger partial charge in [0.2, 0.25) is 8.32 Å². The fourth-order valence-corrected chi connectivity index (χ4v) is 2.25. The van der Waals surface area contributed by atoms with Crippen LogP contribution in [0.2, 0.25) is 19.6 Å². The summed E-state index contributed by atoms with van der Waals surface area (Å²) in [6, 6.07) is 6.05. The zero-order valence-electron chi connectivity index (χ0n) is 10.5. The Kier molecular flexibility index (Phi) is 4.18. The van der Waals surface area contributed by atoms with E-state index in [1.165, 1.54) is 5.56 Å². The molecule has 1 aromatic carbocycles. The summed E-state index contributed by atoms with van der Waals surface area (Å²) in [6.07, 6.45) is 2.73. The predicted molar refractivity (Wildman–Crippen MR) is 70.9 cm³/mol. The molecule has 3 heteroatoms. The maximum absolute atomic E-state index is 5.94. The first-order chi connectivity index (χ1) is 7.46. The molecule has 0 spiro atoms. The molecule has 0 aliphatic rings. The van der Waals surface area contributed by atoms with Gasteiger partial charge in [-0.25, -0.2) is 0 Å². The van der Waals surface area contributed by atoms with Crippen LogP contribution in [-0.2, 0) is 6.42 Å². The van der Waals surface area contributed by atoms with Gasteiger partial charge in [-0.1, -0.05) is 12.1 Å². The minimum atomic E-state index is -1.58. The lowest BCUT2D eigenvalue weighted by Crippen LogP contribution is -2.29. The Bertz CT molecular complexity index is 367. The molecule has 0 heterocycles. The van der Waals surface area contributed by atoms with Gasteiger partial charge in [0.05, 0.1) is 7.11 Å². The van der Waals surface area contributed by atoms with Crippen LogP contribution in [0.25, 0.3) is 0 Å². The molecule has 2 nitrogen and oxygen atoms in total. The van der Waals surface area contributed by atoms with E-state index in [2.05, 4.69) is 32.3 Å². The highest BCUT2D eigenvalue weighted by atomic mass is 28.4. The van der Waals surface area contributed by atoms with Gasteiger partial charge in [-0.15, -0.1) is 6.58 Å². The molecule has 88 valence electrons. The summed E-state index contributed by atoms with van der Waals surface area (Å²) in [7, 11) is 0.0890. The summed E-state index contributed by atoms with van der Waals surface area (Å²) in [6.45, 7) is 10.2. The molecule has 0 bridgehead atoms. The van der Waals surface area contributed by atoms with Gasteiger partial charge in [0.15, 0.2) is 5.75 Å². The molecule has 0 fully saturated rings. The van der Waals surface area contributed by atoms with Crippen LogP contribution >= 0.6 is 0 Å². The van der Waals surface area contributed by atoms with Gasteiger partial charge in [0.25, 0.3) is 0 Å². The summed E-state index contributed by atoms with van der Waals surface area (Å²) >= 11 is 0. The Morgan fingerprint density at radius 1 is 1.25 bits per heavy atom. The van der Waals surface area contributed by atoms with E-state index in [0.29, 0.717) is 0 Å². The fraction of sp³-hybridized carbons (Fsp3) is 0.385. The first-order valence-corrected chi connectivity index (χ1v) is 8.84. The highest BCUT2D eigenvalue weighted by Gasteiger charge is 2.18. The molecule has 0 amide bonds. The molecule has 16 heavy (non-hydrogen) atoms. The van der Waals surface area contributed by atoms with Gasteiger partial charge in [0, 0.05) is 0 Å². The van der Waals surface area contributed by atoms with Crippen LogP contribution in [0.15, 0.2) is 30.9 Å². The van der Waals surface area contributed by atoms with Crippen LogP contribution < -0.4 is 9.16 Å². The predicted octanol–water partition coefficient (Wildman–Crippen LogP) is 3.64. The van der Waals surface area contributed by atoms with Gasteiger partial charge in [0.1, 0.15) is 5.75 Å². The lowest BCUT2D eigenvalue weighted by Gasteiger charge is -2.21. The average molecular weight is 236 g/mol. The van der Waals surface area contributed by atoms with E-state index in [9.17, 15) is 0 Å². The van der Waals surface area contributed by atoms with E-state index in [-0.39, 0.29) is 0 Å². The molecule has 0 aromatic heterocycles. The summed E-state index contributed by atoms with van der Waals surface area (Å²) in [4.78, 5) is 0. The van der Waals surface area contributed by atoms with Crippen LogP contribution in [0.5, 0.6) is 11.5 Å². The second kappa shape index (κ2) is 5.21. The second-order valence-electron chi connectivity index (χ2n) is 4.69. The SMILES string of the molecule is C=CCc1ccc(O[Si](C)(C)C)c(OC)c1. The highest BCUT2D eigenvalue weighted by Crippen LogP contribution is 2.30. The second-order valence-corrected chi connectivity index (χ2v) is 9.12. The molecular formula is C13H20O2Si. The third kappa shape index (κ3) is 3.74. The van der Waals surface area contributed by atoms with Crippen molar-refractivity contribution in [2.45, 2.75) is 26.1 Å². The Morgan fingerprint density at radius 2 is 1.94 bits per heavy atom. The molecule has 0 radical (unpaired) electrons. The first-order valence-electron chi connectivity index (χ1n) is 5.43. The summed E-state index contributed by atoms with van der Waals surface area (Å²) < 4.78 is 11.3. The van der Waals surface area contributed by atoms with Gasteiger partial charge in [-0.05, 0) is 43.8 Å². The lowest BCUT2D eigenvalue weighted by molar-refractivity contribution is 0.391. The van der Waals surface area contributed by atoms with Crippen molar-refractivity contribution >= 4 is 8.32 Å². The number of ether oxygens (including phenoxy) is 1. The standard InChI is InChI=1S/C13H20O2Si/c1-6-7-11-8-9-12(13(10-11)14-2)15-16(3,4)5/h6,8-10H,1,7H2,2-5H3. The Hall–Kier alpha value is -1.22. The summed E-state index contributed by atoms with van der Waals surface area (Å²) in [5.41, 5.74) is 1.19. The van der Waals surface area contributed by atoms with Gasteiger partial charge in [-0.2, -0.15) is 0 Å². The molecule has 0 saturated carbocycles.